The van der Waals surface area contributed by atoms with Crippen molar-refractivity contribution in [2.24, 2.45) is 7.05 Å². The fraction of sp³-hybridized carbons (Fsp3) is 0.400. The van der Waals surface area contributed by atoms with Gasteiger partial charge in [-0.25, -0.2) is 0 Å². The van der Waals surface area contributed by atoms with Crippen LogP contribution in [0.2, 0.25) is 0 Å². The van der Waals surface area contributed by atoms with Crippen LogP contribution in [-0.4, -0.2) is 21.5 Å². The molecule has 0 bridgehead atoms. The zero-order valence-electron chi connectivity index (χ0n) is 11.2. The summed E-state index contributed by atoms with van der Waals surface area (Å²) >= 11 is 12.5. The Balaban J connectivity index is 2.40. The van der Waals surface area contributed by atoms with Gasteiger partial charge in [0.25, 0.3) is 0 Å². The van der Waals surface area contributed by atoms with Crippen LogP contribution >= 0.6 is 23.2 Å². The Kier molecular flexibility index (Phi) is 4.54. The molecule has 2 rings (SSSR count). The molecule has 0 saturated carbocycles. The van der Waals surface area contributed by atoms with Crippen molar-refractivity contribution in [3.05, 3.63) is 53.3 Å². The molecular formula is C15H18Cl2N2. The zero-order chi connectivity index (χ0) is 13.9. The lowest BCUT2D eigenvalue weighted by Crippen LogP contribution is -2.34. The lowest BCUT2D eigenvalue weighted by atomic mass is 9.78. The molecule has 102 valence electrons. The third-order valence-corrected chi connectivity index (χ3v) is 4.54. The van der Waals surface area contributed by atoms with Gasteiger partial charge in [0.2, 0.25) is 0 Å². The van der Waals surface area contributed by atoms with Gasteiger partial charge in [0.1, 0.15) is 0 Å². The Labute approximate surface area is 124 Å². The van der Waals surface area contributed by atoms with Gasteiger partial charge in [-0.1, -0.05) is 24.3 Å². The predicted molar refractivity (Wildman–Crippen MR) is 81.2 cm³/mol. The first-order valence-electron chi connectivity index (χ1n) is 6.28. The van der Waals surface area contributed by atoms with Gasteiger partial charge in [-0.2, -0.15) is 5.10 Å². The van der Waals surface area contributed by atoms with Crippen molar-refractivity contribution in [3.8, 4) is 0 Å². The second-order valence-corrected chi connectivity index (χ2v) is 5.55. The van der Waals surface area contributed by atoms with E-state index in [0.29, 0.717) is 11.8 Å². The van der Waals surface area contributed by atoms with Crippen molar-refractivity contribution in [2.75, 3.05) is 11.8 Å². The van der Waals surface area contributed by atoms with Crippen LogP contribution in [0.25, 0.3) is 0 Å². The van der Waals surface area contributed by atoms with Crippen LogP contribution in [0.15, 0.2) is 36.5 Å². The molecular weight excluding hydrogens is 279 g/mol. The van der Waals surface area contributed by atoms with Gasteiger partial charge in [-0.05, 0) is 24.1 Å². The van der Waals surface area contributed by atoms with Gasteiger partial charge < -0.3 is 0 Å². The van der Waals surface area contributed by atoms with Gasteiger partial charge >= 0.3 is 0 Å². The maximum atomic E-state index is 6.27. The van der Waals surface area contributed by atoms with Crippen molar-refractivity contribution in [2.45, 2.75) is 18.8 Å². The third-order valence-electron chi connectivity index (χ3n) is 3.52. The van der Waals surface area contributed by atoms with Gasteiger partial charge in [0, 0.05) is 36.8 Å². The molecule has 0 aliphatic heterocycles. The topological polar surface area (TPSA) is 17.8 Å². The molecule has 0 N–H and O–H groups in total. The first kappa shape index (κ1) is 14.4. The molecule has 0 aliphatic carbocycles. The standard InChI is InChI=1S/C15H18Cl2N2/c1-12-5-3-4-6-14(12)15(10-16,11-17)9-13-7-8-19(2)18-13/h3-8H,9-11H2,1-2H3. The summed E-state index contributed by atoms with van der Waals surface area (Å²) in [6.45, 7) is 2.10. The maximum Gasteiger partial charge on any atom is 0.0634 e. The number of benzene rings is 1. The molecule has 1 aromatic heterocycles. The fourth-order valence-electron chi connectivity index (χ4n) is 2.44. The summed E-state index contributed by atoms with van der Waals surface area (Å²) in [5.41, 5.74) is 3.19. The summed E-state index contributed by atoms with van der Waals surface area (Å²) in [5.74, 6) is 0.968. The van der Waals surface area contributed by atoms with Crippen molar-refractivity contribution < 1.29 is 0 Å². The van der Waals surface area contributed by atoms with Gasteiger partial charge in [-0.3, -0.25) is 4.68 Å². The average molecular weight is 297 g/mol. The van der Waals surface area contributed by atoms with Crippen LogP contribution in [-0.2, 0) is 18.9 Å². The zero-order valence-corrected chi connectivity index (χ0v) is 12.7. The monoisotopic (exact) mass is 296 g/mol. The molecule has 4 heteroatoms. The minimum absolute atomic E-state index is 0.261. The number of aromatic nitrogens is 2. The molecule has 0 atom stereocenters. The Morgan fingerprint density at radius 3 is 2.37 bits per heavy atom. The van der Waals surface area contributed by atoms with E-state index in [4.69, 9.17) is 23.2 Å². The Morgan fingerprint density at radius 2 is 1.84 bits per heavy atom. The summed E-state index contributed by atoms with van der Waals surface area (Å²) in [4.78, 5) is 0. The quantitative estimate of drug-likeness (QED) is 0.770. The predicted octanol–water partition coefficient (Wildman–Crippen LogP) is 3.69. The highest BCUT2D eigenvalue weighted by Crippen LogP contribution is 2.33. The molecule has 0 spiro atoms. The largest absolute Gasteiger partial charge is 0.276 e. The normalized spacial score (nSPS) is 11.8. The number of aryl methyl sites for hydroxylation is 2. The summed E-state index contributed by atoms with van der Waals surface area (Å²) in [6.07, 6.45) is 2.70. The molecule has 1 heterocycles. The average Bonchev–Trinajstić information content (AvgIpc) is 2.82. The van der Waals surface area contributed by atoms with Gasteiger partial charge in [-0.15, -0.1) is 23.2 Å². The molecule has 0 unspecified atom stereocenters. The number of alkyl halides is 2. The first-order valence-corrected chi connectivity index (χ1v) is 7.35. The number of nitrogens with zero attached hydrogens (tertiary/aromatic N) is 2. The van der Waals surface area contributed by atoms with Crippen LogP contribution in [0.1, 0.15) is 16.8 Å². The number of hydrogen-bond acceptors (Lipinski definition) is 1. The molecule has 0 saturated heterocycles. The van der Waals surface area contributed by atoms with Gasteiger partial charge in [0.15, 0.2) is 0 Å². The number of hydrogen-bond donors (Lipinski definition) is 0. The Bertz CT molecular complexity index is 545. The van der Waals surface area contributed by atoms with Crippen molar-refractivity contribution in [3.63, 3.8) is 0 Å². The van der Waals surface area contributed by atoms with Crippen LogP contribution in [0.3, 0.4) is 0 Å². The van der Waals surface area contributed by atoms with E-state index in [1.165, 1.54) is 11.1 Å². The molecule has 0 fully saturated rings. The van der Waals surface area contributed by atoms with E-state index in [1.54, 1.807) is 4.68 Å². The van der Waals surface area contributed by atoms with Crippen LogP contribution < -0.4 is 0 Å². The van der Waals surface area contributed by atoms with E-state index in [2.05, 4.69) is 24.2 Å². The minimum atomic E-state index is -0.261. The number of rotatable bonds is 5. The second kappa shape index (κ2) is 5.98. The fourth-order valence-corrected chi connectivity index (χ4v) is 3.20. The maximum absolute atomic E-state index is 6.27. The van der Waals surface area contributed by atoms with Crippen LogP contribution in [0, 0.1) is 6.92 Å². The molecule has 0 aliphatic rings. The summed E-state index contributed by atoms with van der Waals surface area (Å²) in [6, 6.07) is 10.3. The van der Waals surface area contributed by atoms with E-state index >= 15 is 0 Å². The molecule has 0 amide bonds. The van der Waals surface area contributed by atoms with Crippen molar-refractivity contribution in [1.82, 2.24) is 9.78 Å². The third kappa shape index (κ3) is 2.96. The van der Waals surface area contributed by atoms with Gasteiger partial charge in [0.05, 0.1) is 5.69 Å². The molecule has 2 aromatic rings. The lowest BCUT2D eigenvalue weighted by molar-refractivity contribution is 0.521. The van der Waals surface area contributed by atoms with E-state index in [1.807, 2.05) is 31.4 Å². The second-order valence-electron chi connectivity index (χ2n) is 5.02. The van der Waals surface area contributed by atoms with Crippen molar-refractivity contribution in [1.29, 1.82) is 0 Å². The first-order chi connectivity index (χ1) is 9.11. The van der Waals surface area contributed by atoms with E-state index in [-0.39, 0.29) is 5.41 Å². The van der Waals surface area contributed by atoms with Crippen molar-refractivity contribution >= 4 is 23.2 Å². The number of halogens is 2. The summed E-state index contributed by atoms with van der Waals surface area (Å²) in [5, 5.41) is 4.45. The van der Waals surface area contributed by atoms with E-state index in [9.17, 15) is 0 Å². The SMILES string of the molecule is Cc1ccccc1C(CCl)(CCl)Cc1ccn(C)n1. The molecule has 0 radical (unpaired) electrons. The summed E-state index contributed by atoms with van der Waals surface area (Å²) < 4.78 is 1.81. The molecule has 2 nitrogen and oxygen atoms in total. The summed E-state index contributed by atoms with van der Waals surface area (Å²) in [7, 11) is 1.92. The molecule has 19 heavy (non-hydrogen) atoms. The smallest absolute Gasteiger partial charge is 0.0634 e. The minimum Gasteiger partial charge on any atom is -0.276 e. The highest BCUT2D eigenvalue weighted by molar-refractivity contribution is 6.22. The van der Waals surface area contributed by atoms with E-state index in [0.717, 1.165) is 12.1 Å². The van der Waals surface area contributed by atoms with E-state index < -0.39 is 0 Å². The van der Waals surface area contributed by atoms with Crippen LogP contribution in [0.4, 0.5) is 0 Å². The highest BCUT2D eigenvalue weighted by atomic mass is 35.5. The lowest BCUT2D eigenvalue weighted by Gasteiger charge is -2.31. The molecule has 1 aromatic carbocycles. The van der Waals surface area contributed by atoms with Crippen LogP contribution in [0.5, 0.6) is 0 Å². The Morgan fingerprint density at radius 1 is 1.16 bits per heavy atom. The highest BCUT2D eigenvalue weighted by Gasteiger charge is 2.33. The Hall–Kier alpha value is -0.990.